The molecule has 1 heteroatoms. The van der Waals surface area contributed by atoms with E-state index < -0.39 is 0 Å². The molecule has 0 aliphatic heterocycles. The molecule has 0 aliphatic carbocycles. The molecule has 2 aromatic rings. The molecule has 2 aromatic carbocycles. The molecule has 22 heavy (non-hydrogen) atoms. The van der Waals surface area contributed by atoms with Crippen molar-refractivity contribution in [2.24, 2.45) is 0 Å². The molecule has 0 unspecified atom stereocenters. The van der Waals surface area contributed by atoms with Crippen LogP contribution in [0.5, 0.6) is 0 Å². The molecule has 0 radical (unpaired) electrons. The van der Waals surface area contributed by atoms with E-state index in [1.807, 2.05) is 6.07 Å². The topological polar surface area (TPSA) is 3.01 Å². The summed E-state index contributed by atoms with van der Waals surface area (Å²) in [5.41, 5.74) is 3.58. The molecule has 112 valence electrons. The first-order chi connectivity index (χ1) is 10.8. The Morgan fingerprint density at radius 2 is 1.59 bits per heavy atom. The minimum Gasteiger partial charge on any atom is -0.220 e. The lowest BCUT2D eigenvalue weighted by atomic mass is 10.1. The summed E-state index contributed by atoms with van der Waals surface area (Å²) in [7, 11) is 2.11. The zero-order valence-corrected chi connectivity index (χ0v) is 13.5. The van der Waals surface area contributed by atoms with Crippen molar-refractivity contribution >= 4 is 5.71 Å². The van der Waals surface area contributed by atoms with E-state index in [-0.39, 0.29) is 0 Å². The summed E-state index contributed by atoms with van der Waals surface area (Å²) >= 11 is 0. The van der Waals surface area contributed by atoms with Crippen LogP contribution in [0.3, 0.4) is 0 Å². The first kappa shape index (κ1) is 16.0. The molecule has 0 spiro atoms. The molecule has 2 rings (SSSR count). The Balaban J connectivity index is 2.29. The van der Waals surface area contributed by atoms with E-state index in [1.165, 1.54) is 17.5 Å². The van der Waals surface area contributed by atoms with Crippen LogP contribution in [0.2, 0.25) is 0 Å². The van der Waals surface area contributed by atoms with Gasteiger partial charge in [0.25, 0.3) is 5.71 Å². The van der Waals surface area contributed by atoms with E-state index in [2.05, 4.69) is 85.0 Å². The summed E-state index contributed by atoms with van der Waals surface area (Å²) in [6.45, 7) is 3.07. The fourth-order valence-electron chi connectivity index (χ4n) is 2.33. The maximum Gasteiger partial charge on any atom is 0.258 e. The second-order valence-corrected chi connectivity index (χ2v) is 5.46. The molecule has 0 aliphatic rings. The van der Waals surface area contributed by atoms with Gasteiger partial charge in [0, 0.05) is 17.9 Å². The largest absolute Gasteiger partial charge is 0.258 e. The lowest BCUT2D eigenvalue weighted by Crippen LogP contribution is -2.17. The summed E-state index contributed by atoms with van der Waals surface area (Å²) in [4.78, 5) is 0. The summed E-state index contributed by atoms with van der Waals surface area (Å²) in [6.07, 6.45) is 3.32. The van der Waals surface area contributed by atoms with Crippen molar-refractivity contribution in [2.45, 2.75) is 32.7 Å². The molecular weight excluding hydrogens is 266 g/mol. The minimum atomic E-state index is 0.869. The van der Waals surface area contributed by atoms with Gasteiger partial charge in [0.05, 0.1) is 5.56 Å². The highest BCUT2D eigenvalue weighted by atomic mass is 15.0. The van der Waals surface area contributed by atoms with Crippen molar-refractivity contribution in [1.29, 1.82) is 0 Å². The van der Waals surface area contributed by atoms with E-state index in [0.29, 0.717) is 0 Å². The molecule has 0 saturated carbocycles. The van der Waals surface area contributed by atoms with Crippen LogP contribution < -0.4 is 0 Å². The van der Waals surface area contributed by atoms with Crippen LogP contribution in [0.25, 0.3) is 0 Å². The van der Waals surface area contributed by atoms with Crippen LogP contribution in [0.4, 0.5) is 0 Å². The number of benzene rings is 2. The van der Waals surface area contributed by atoms with Gasteiger partial charge >= 0.3 is 0 Å². The number of unbranched alkanes of at least 4 members (excludes halogenated alkanes) is 2. The molecule has 0 aromatic heterocycles. The van der Waals surface area contributed by atoms with E-state index >= 15 is 0 Å². The van der Waals surface area contributed by atoms with Crippen molar-refractivity contribution in [3.63, 3.8) is 0 Å². The first-order valence-electron chi connectivity index (χ1n) is 7.97. The van der Waals surface area contributed by atoms with Gasteiger partial charge in [-0.25, -0.2) is 4.58 Å². The highest BCUT2D eigenvalue weighted by Crippen LogP contribution is 2.05. The third kappa shape index (κ3) is 4.90. The predicted octanol–water partition coefficient (Wildman–Crippen LogP) is 4.51. The van der Waals surface area contributed by atoms with Crippen molar-refractivity contribution < 1.29 is 4.58 Å². The summed E-state index contributed by atoms with van der Waals surface area (Å²) in [6, 6.07) is 21.0. The van der Waals surface area contributed by atoms with Crippen molar-refractivity contribution in [2.75, 3.05) is 7.05 Å². The molecule has 0 fully saturated rings. The summed E-state index contributed by atoms with van der Waals surface area (Å²) < 4.78 is 2.24. The van der Waals surface area contributed by atoms with E-state index in [9.17, 15) is 0 Å². The quantitative estimate of drug-likeness (QED) is 0.330. The summed E-state index contributed by atoms with van der Waals surface area (Å²) in [5, 5.41) is 0. The Morgan fingerprint density at radius 3 is 2.23 bits per heavy atom. The Morgan fingerprint density at radius 1 is 0.955 bits per heavy atom. The van der Waals surface area contributed by atoms with Crippen molar-refractivity contribution in [3.05, 3.63) is 71.8 Å². The first-order valence-corrected chi connectivity index (χ1v) is 7.97. The van der Waals surface area contributed by atoms with Crippen LogP contribution in [0, 0.1) is 11.8 Å². The van der Waals surface area contributed by atoms with Crippen molar-refractivity contribution in [1.82, 2.24) is 0 Å². The Labute approximate surface area is 134 Å². The molecule has 0 heterocycles. The molecule has 0 bridgehead atoms. The lowest BCUT2D eigenvalue weighted by molar-refractivity contribution is -0.512. The van der Waals surface area contributed by atoms with Gasteiger partial charge in [-0.3, -0.25) is 0 Å². The van der Waals surface area contributed by atoms with Crippen LogP contribution >= 0.6 is 0 Å². The van der Waals surface area contributed by atoms with Gasteiger partial charge in [-0.1, -0.05) is 67.8 Å². The van der Waals surface area contributed by atoms with Crippen LogP contribution in [-0.2, 0) is 6.54 Å². The molecular formula is C21H24N+. The van der Waals surface area contributed by atoms with Crippen LogP contribution in [0.15, 0.2) is 60.7 Å². The van der Waals surface area contributed by atoms with E-state index in [1.54, 1.807) is 0 Å². The molecule has 0 N–H and O–H groups in total. The number of rotatable bonds is 5. The maximum absolute atomic E-state index is 3.38. The average molecular weight is 290 g/mol. The Bertz CT molecular complexity index is 657. The maximum atomic E-state index is 3.38. The highest BCUT2D eigenvalue weighted by molar-refractivity contribution is 6.09. The normalized spacial score (nSPS) is 11.4. The molecule has 1 nitrogen and oxygen atoms in total. The lowest BCUT2D eigenvalue weighted by Gasteiger charge is -2.03. The Kier molecular flexibility index (Phi) is 6.45. The molecule has 0 atom stereocenters. The SMILES string of the molecule is CCCCC#CC(c1ccccc1)=[N+](C)Cc1ccccc1. The van der Waals surface area contributed by atoms with Gasteiger partial charge in [0.2, 0.25) is 0 Å². The Hall–Kier alpha value is -2.33. The number of hydrogen-bond donors (Lipinski definition) is 0. The van der Waals surface area contributed by atoms with Crippen LogP contribution in [0.1, 0.15) is 37.3 Å². The molecule has 0 amide bonds. The zero-order valence-electron chi connectivity index (χ0n) is 13.5. The number of hydrogen-bond acceptors (Lipinski definition) is 0. The van der Waals surface area contributed by atoms with E-state index in [0.717, 1.165) is 25.1 Å². The summed E-state index contributed by atoms with van der Waals surface area (Å²) in [5.74, 6) is 6.71. The van der Waals surface area contributed by atoms with E-state index in [4.69, 9.17) is 0 Å². The van der Waals surface area contributed by atoms with Gasteiger partial charge in [0.1, 0.15) is 7.05 Å². The highest BCUT2D eigenvalue weighted by Gasteiger charge is 2.11. The third-order valence-electron chi connectivity index (χ3n) is 3.55. The second kappa shape index (κ2) is 8.85. The number of nitrogens with zero attached hydrogens (tertiary/aromatic N) is 1. The monoisotopic (exact) mass is 290 g/mol. The smallest absolute Gasteiger partial charge is 0.220 e. The minimum absolute atomic E-state index is 0.869. The standard InChI is InChI=1S/C21H24N/c1-3-4-5-12-17-21(20-15-10-7-11-16-20)22(2)18-19-13-8-6-9-14-19/h6-11,13-16H,3-5,18H2,1-2H3/q+1. The molecule has 0 saturated heterocycles. The average Bonchev–Trinajstić information content (AvgIpc) is 2.56. The van der Waals surface area contributed by atoms with Gasteiger partial charge in [-0.2, -0.15) is 0 Å². The van der Waals surface area contributed by atoms with Crippen molar-refractivity contribution in [3.8, 4) is 11.8 Å². The second-order valence-electron chi connectivity index (χ2n) is 5.46. The predicted molar refractivity (Wildman–Crippen MR) is 94.2 cm³/mol. The van der Waals surface area contributed by atoms with Gasteiger partial charge < -0.3 is 0 Å². The van der Waals surface area contributed by atoms with Crippen LogP contribution in [-0.4, -0.2) is 17.3 Å². The third-order valence-corrected chi connectivity index (χ3v) is 3.55. The van der Waals surface area contributed by atoms with Gasteiger partial charge in [-0.15, -0.1) is 0 Å². The fraction of sp³-hybridized carbons (Fsp3) is 0.286. The fourth-order valence-corrected chi connectivity index (χ4v) is 2.33. The van der Waals surface area contributed by atoms with Gasteiger partial charge in [-0.05, 0) is 18.6 Å². The zero-order chi connectivity index (χ0) is 15.6. The van der Waals surface area contributed by atoms with Gasteiger partial charge in [0.15, 0.2) is 6.54 Å².